The van der Waals surface area contributed by atoms with Gasteiger partial charge in [0, 0.05) is 0 Å². The van der Waals surface area contributed by atoms with Crippen LogP contribution in [0.25, 0.3) is 0 Å². The first-order chi connectivity index (χ1) is 7.39. The second-order valence-electron chi connectivity index (χ2n) is 8.00. The molecule has 2 aliphatic rings. The highest BCUT2D eigenvalue weighted by molar-refractivity contribution is 4.92. The third-order valence-electron chi connectivity index (χ3n) is 5.18. The summed E-state index contributed by atoms with van der Waals surface area (Å²) in [6.45, 7) is 9.79. The van der Waals surface area contributed by atoms with Crippen LogP contribution in [0.4, 0.5) is 0 Å². The molecular formula is C16H30. The lowest BCUT2D eigenvalue weighted by molar-refractivity contribution is 0.0262. The van der Waals surface area contributed by atoms with Crippen LogP contribution in [0.15, 0.2) is 0 Å². The molecule has 0 aromatic carbocycles. The normalized spacial score (nSPS) is 40.5. The molecule has 2 saturated carbocycles. The van der Waals surface area contributed by atoms with Gasteiger partial charge in [-0.15, -0.1) is 0 Å². The van der Waals surface area contributed by atoms with Gasteiger partial charge in [0.05, 0.1) is 0 Å². The summed E-state index contributed by atoms with van der Waals surface area (Å²) in [5, 5.41) is 0. The molecule has 0 N–H and O–H groups in total. The molecule has 2 rings (SSSR count). The molecule has 0 heterocycles. The Morgan fingerprint density at radius 3 is 2.50 bits per heavy atom. The van der Waals surface area contributed by atoms with Gasteiger partial charge in [-0.25, -0.2) is 0 Å². The first kappa shape index (κ1) is 12.5. The summed E-state index contributed by atoms with van der Waals surface area (Å²) in [5.41, 5.74) is 1.26. The molecular weight excluding hydrogens is 192 g/mol. The molecule has 94 valence electrons. The van der Waals surface area contributed by atoms with E-state index in [9.17, 15) is 0 Å². The summed E-state index contributed by atoms with van der Waals surface area (Å²) in [6.07, 6.45) is 12.0. The summed E-state index contributed by atoms with van der Waals surface area (Å²) >= 11 is 0. The lowest BCUT2D eigenvalue weighted by atomic mass is 9.57. The van der Waals surface area contributed by atoms with Crippen molar-refractivity contribution in [1.82, 2.24) is 0 Å². The Kier molecular flexibility index (Phi) is 3.39. The van der Waals surface area contributed by atoms with E-state index in [0.29, 0.717) is 5.41 Å². The number of rotatable bonds is 1. The zero-order valence-corrected chi connectivity index (χ0v) is 11.8. The molecule has 0 aromatic rings. The van der Waals surface area contributed by atoms with Crippen LogP contribution in [0.2, 0.25) is 0 Å². The minimum absolute atomic E-state index is 0.535. The van der Waals surface area contributed by atoms with E-state index >= 15 is 0 Å². The first-order valence-electron chi connectivity index (χ1n) is 7.39. The van der Waals surface area contributed by atoms with Gasteiger partial charge in [0.1, 0.15) is 0 Å². The molecule has 16 heavy (non-hydrogen) atoms. The molecule has 3 atom stereocenters. The largest absolute Gasteiger partial charge is 0.0602 e. The zero-order chi connectivity index (χ0) is 11.8. The van der Waals surface area contributed by atoms with Gasteiger partial charge >= 0.3 is 0 Å². The van der Waals surface area contributed by atoms with Crippen molar-refractivity contribution in [2.75, 3.05) is 0 Å². The maximum atomic E-state index is 2.57. The molecule has 2 aliphatic carbocycles. The highest BCUT2D eigenvalue weighted by atomic mass is 14.5. The van der Waals surface area contributed by atoms with Gasteiger partial charge in [0.2, 0.25) is 0 Å². The van der Waals surface area contributed by atoms with Crippen LogP contribution in [0.1, 0.15) is 79.1 Å². The van der Waals surface area contributed by atoms with Gasteiger partial charge < -0.3 is 0 Å². The Bertz CT molecular complexity index is 235. The lowest BCUT2D eigenvalue weighted by Crippen LogP contribution is -2.37. The lowest BCUT2D eigenvalue weighted by Gasteiger charge is -2.48. The highest BCUT2D eigenvalue weighted by Crippen LogP contribution is 2.53. The molecule has 0 radical (unpaired) electrons. The van der Waals surface area contributed by atoms with Crippen molar-refractivity contribution in [3.8, 4) is 0 Å². The minimum Gasteiger partial charge on any atom is -0.0602 e. The average molecular weight is 222 g/mol. The molecule has 0 spiro atoms. The smallest absolute Gasteiger partial charge is 0.0297 e. The van der Waals surface area contributed by atoms with E-state index in [4.69, 9.17) is 0 Å². The van der Waals surface area contributed by atoms with E-state index in [-0.39, 0.29) is 0 Å². The fourth-order valence-corrected chi connectivity index (χ4v) is 4.31. The molecule has 0 aliphatic heterocycles. The monoisotopic (exact) mass is 222 g/mol. The molecule has 0 aromatic heterocycles. The van der Waals surface area contributed by atoms with Crippen molar-refractivity contribution in [1.29, 1.82) is 0 Å². The summed E-state index contributed by atoms with van der Waals surface area (Å²) in [5.74, 6) is 2.08. The van der Waals surface area contributed by atoms with E-state index in [1.165, 1.54) is 51.4 Å². The Hall–Kier alpha value is 0. The summed E-state index contributed by atoms with van der Waals surface area (Å²) in [7, 11) is 0. The zero-order valence-electron chi connectivity index (χ0n) is 11.8. The van der Waals surface area contributed by atoms with Crippen LogP contribution in [0, 0.1) is 22.7 Å². The summed E-state index contributed by atoms with van der Waals surface area (Å²) < 4.78 is 0. The summed E-state index contributed by atoms with van der Waals surface area (Å²) in [6, 6.07) is 0. The number of hydrogen-bond acceptors (Lipinski definition) is 0. The molecule has 2 fully saturated rings. The fraction of sp³-hybridized carbons (Fsp3) is 1.00. The maximum absolute atomic E-state index is 2.57. The maximum Gasteiger partial charge on any atom is -0.0297 e. The molecule has 0 nitrogen and oxygen atoms in total. The Morgan fingerprint density at radius 1 is 1.06 bits per heavy atom. The van der Waals surface area contributed by atoms with Crippen LogP contribution in [0.5, 0.6) is 0 Å². The van der Waals surface area contributed by atoms with Crippen LogP contribution in [0.3, 0.4) is 0 Å². The van der Waals surface area contributed by atoms with Crippen LogP contribution in [-0.2, 0) is 0 Å². The van der Waals surface area contributed by atoms with Crippen LogP contribution >= 0.6 is 0 Å². The summed E-state index contributed by atoms with van der Waals surface area (Å²) in [4.78, 5) is 0. The number of hydrogen-bond donors (Lipinski definition) is 0. The van der Waals surface area contributed by atoms with Gasteiger partial charge in [0.15, 0.2) is 0 Å². The fourth-order valence-electron chi connectivity index (χ4n) is 4.31. The Balaban J connectivity index is 1.94. The van der Waals surface area contributed by atoms with E-state index in [0.717, 1.165) is 17.3 Å². The van der Waals surface area contributed by atoms with Crippen molar-refractivity contribution < 1.29 is 0 Å². The van der Waals surface area contributed by atoms with E-state index in [1.54, 1.807) is 0 Å². The molecule has 1 unspecified atom stereocenters. The second-order valence-corrected chi connectivity index (χ2v) is 8.00. The van der Waals surface area contributed by atoms with Crippen LogP contribution in [-0.4, -0.2) is 0 Å². The highest BCUT2D eigenvalue weighted by Gasteiger charge is 2.41. The Morgan fingerprint density at radius 2 is 1.81 bits per heavy atom. The molecule has 0 heteroatoms. The van der Waals surface area contributed by atoms with E-state index < -0.39 is 0 Å². The topological polar surface area (TPSA) is 0 Å². The van der Waals surface area contributed by atoms with Gasteiger partial charge in [0.25, 0.3) is 0 Å². The van der Waals surface area contributed by atoms with Crippen molar-refractivity contribution in [3.05, 3.63) is 0 Å². The minimum atomic E-state index is 0.535. The second kappa shape index (κ2) is 4.35. The SMILES string of the molecule is CC(C)(C)CC1CC[C@@]2(C)CCCC[C@@H]2C1. The van der Waals surface area contributed by atoms with Crippen molar-refractivity contribution >= 4 is 0 Å². The predicted octanol–water partition coefficient (Wildman–Crippen LogP) is 5.42. The van der Waals surface area contributed by atoms with Crippen molar-refractivity contribution in [2.24, 2.45) is 22.7 Å². The third-order valence-corrected chi connectivity index (χ3v) is 5.18. The van der Waals surface area contributed by atoms with Gasteiger partial charge in [-0.2, -0.15) is 0 Å². The van der Waals surface area contributed by atoms with Gasteiger partial charge in [-0.3, -0.25) is 0 Å². The first-order valence-corrected chi connectivity index (χ1v) is 7.39. The van der Waals surface area contributed by atoms with Crippen molar-refractivity contribution in [3.63, 3.8) is 0 Å². The molecule has 0 saturated heterocycles. The average Bonchev–Trinajstić information content (AvgIpc) is 2.16. The third kappa shape index (κ3) is 2.81. The van der Waals surface area contributed by atoms with Crippen molar-refractivity contribution in [2.45, 2.75) is 79.1 Å². The number of fused-ring (bicyclic) bond motifs is 1. The van der Waals surface area contributed by atoms with E-state index in [2.05, 4.69) is 27.7 Å². The van der Waals surface area contributed by atoms with Gasteiger partial charge in [-0.05, 0) is 61.2 Å². The molecule has 0 bridgehead atoms. The predicted molar refractivity (Wildman–Crippen MR) is 71.5 cm³/mol. The van der Waals surface area contributed by atoms with Gasteiger partial charge in [-0.1, -0.05) is 40.5 Å². The van der Waals surface area contributed by atoms with Crippen LogP contribution < -0.4 is 0 Å². The quantitative estimate of drug-likeness (QED) is 0.556. The van der Waals surface area contributed by atoms with E-state index in [1.807, 2.05) is 0 Å². The standard InChI is InChI=1S/C16H30/c1-15(2,3)12-13-8-10-16(4)9-6-5-7-14(16)11-13/h13-14H,5-12H2,1-4H3/t13?,14-,16-/m1/s1. The Labute approximate surface area is 102 Å². The molecule has 0 amide bonds.